The summed E-state index contributed by atoms with van der Waals surface area (Å²) in [6, 6.07) is 14.5. The van der Waals surface area contributed by atoms with Gasteiger partial charge in [-0.05, 0) is 17.7 Å². The molecular weight excluding hydrogens is 376 g/mol. The van der Waals surface area contributed by atoms with E-state index >= 15 is 0 Å². The molecular formula is C21H22N2O6. The van der Waals surface area contributed by atoms with E-state index in [0.717, 1.165) is 5.56 Å². The Morgan fingerprint density at radius 1 is 1.17 bits per heavy atom. The SMILES string of the molecule is COc1ccc(C2=NOC(CC(=O)O)(C(=O)NCc3ccccc3)C2)c(OC)c1. The number of rotatable bonds is 8. The van der Waals surface area contributed by atoms with Gasteiger partial charge in [0.1, 0.15) is 11.5 Å². The molecule has 1 aliphatic heterocycles. The zero-order valence-corrected chi connectivity index (χ0v) is 16.2. The van der Waals surface area contributed by atoms with Crippen molar-refractivity contribution >= 4 is 17.6 Å². The van der Waals surface area contributed by atoms with Crippen LogP contribution in [0.3, 0.4) is 0 Å². The fraction of sp³-hybridized carbons (Fsp3) is 0.286. The van der Waals surface area contributed by atoms with Crippen molar-refractivity contribution in [3.8, 4) is 11.5 Å². The van der Waals surface area contributed by atoms with Crippen LogP contribution in [-0.2, 0) is 21.0 Å². The van der Waals surface area contributed by atoms with Gasteiger partial charge >= 0.3 is 5.97 Å². The third kappa shape index (κ3) is 4.48. The minimum Gasteiger partial charge on any atom is -0.497 e. The molecule has 0 bridgehead atoms. The molecule has 0 aliphatic carbocycles. The second-order valence-electron chi connectivity index (χ2n) is 6.61. The number of hydrogen-bond donors (Lipinski definition) is 2. The van der Waals surface area contributed by atoms with Crippen LogP contribution in [-0.4, -0.2) is 42.5 Å². The summed E-state index contributed by atoms with van der Waals surface area (Å²) in [4.78, 5) is 29.8. The smallest absolute Gasteiger partial charge is 0.308 e. The number of hydrogen-bond acceptors (Lipinski definition) is 6. The lowest BCUT2D eigenvalue weighted by Gasteiger charge is -2.23. The van der Waals surface area contributed by atoms with Gasteiger partial charge in [-0.3, -0.25) is 9.59 Å². The summed E-state index contributed by atoms with van der Waals surface area (Å²) >= 11 is 0. The van der Waals surface area contributed by atoms with E-state index in [2.05, 4.69) is 10.5 Å². The number of oxime groups is 1. The highest BCUT2D eigenvalue weighted by molar-refractivity contribution is 6.08. The Labute approximate surface area is 168 Å². The zero-order valence-electron chi connectivity index (χ0n) is 16.2. The summed E-state index contributed by atoms with van der Waals surface area (Å²) in [7, 11) is 3.05. The van der Waals surface area contributed by atoms with E-state index in [1.54, 1.807) is 25.3 Å². The first-order valence-electron chi connectivity index (χ1n) is 8.99. The highest BCUT2D eigenvalue weighted by Crippen LogP contribution is 2.34. The van der Waals surface area contributed by atoms with Crippen LogP contribution in [0.25, 0.3) is 0 Å². The number of methoxy groups -OCH3 is 2. The summed E-state index contributed by atoms with van der Waals surface area (Å²) in [6.45, 7) is 0.256. The van der Waals surface area contributed by atoms with Crippen molar-refractivity contribution < 1.29 is 29.0 Å². The van der Waals surface area contributed by atoms with Gasteiger partial charge < -0.3 is 24.7 Å². The van der Waals surface area contributed by atoms with E-state index < -0.39 is 23.9 Å². The highest BCUT2D eigenvalue weighted by Gasteiger charge is 2.49. The second kappa shape index (κ2) is 8.64. The first-order chi connectivity index (χ1) is 14.0. The van der Waals surface area contributed by atoms with Crippen molar-refractivity contribution in [2.75, 3.05) is 14.2 Å². The topological polar surface area (TPSA) is 106 Å². The molecule has 0 aromatic heterocycles. The maximum Gasteiger partial charge on any atom is 0.308 e. The van der Waals surface area contributed by atoms with Gasteiger partial charge in [-0.25, -0.2) is 0 Å². The largest absolute Gasteiger partial charge is 0.497 e. The minimum absolute atomic E-state index is 0.00259. The molecule has 8 heteroatoms. The number of ether oxygens (including phenoxy) is 2. The standard InChI is InChI=1S/C21H22N2O6/c1-27-15-8-9-16(18(10-15)28-2)17-11-21(29-23-17,12-19(24)25)20(26)22-13-14-6-4-3-5-7-14/h3-10H,11-13H2,1-2H3,(H,22,26)(H,24,25). The Morgan fingerprint density at radius 3 is 2.59 bits per heavy atom. The second-order valence-corrected chi connectivity index (χ2v) is 6.61. The van der Waals surface area contributed by atoms with Gasteiger partial charge in [0.2, 0.25) is 5.60 Å². The number of carbonyl (C=O) groups excluding carboxylic acids is 1. The van der Waals surface area contributed by atoms with E-state index in [4.69, 9.17) is 14.3 Å². The molecule has 0 radical (unpaired) electrons. The van der Waals surface area contributed by atoms with E-state index in [0.29, 0.717) is 22.8 Å². The van der Waals surface area contributed by atoms with Gasteiger partial charge in [0, 0.05) is 24.6 Å². The molecule has 1 amide bonds. The van der Waals surface area contributed by atoms with Gasteiger partial charge in [-0.15, -0.1) is 0 Å². The van der Waals surface area contributed by atoms with Crippen molar-refractivity contribution in [1.29, 1.82) is 0 Å². The van der Waals surface area contributed by atoms with Gasteiger partial charge in [-0.1, -0.05) is 35.5 Å². The summed E-state index contributed by atoms with van der Waals surface area (Å²) < 4.78 is 10.6. The van der Waals surface area contributed by atoms with E-state index in [1.807, 2.05) is 30.3 Å². The lowest BCUT2D eigenvalue weighted by atomic mass is 9.89. The third-order valence-electron chi connectivity index (χ3n) is 4.65. The van der Waals surface area contributed by atoms with Crippen LogP contribution < -0.4 is 14.8 Å². The molecule has 2 aromatic carbocycles. The predicted octanol–water partition coefficient (Wildman–Crippen LogP) is 2.36. The Kier molecular flexibility index (Phi) is 6.01. The van der Waals surface area contributed by atoms with Crippen molar-refractivity contribution in [3.05, 3.63) is 59.7 Å². The monoisotopic (exact) mass is 398 g/mol. The van der Waals surface area contributed by atoms with Crippen LogP contribution in [0.1, 0.15) is 24.0 Å². The van der Waals surface area contributed by atoms with Crippen LogP contribution in [0.15, 0.2) is 53.7 Å². The molecule has 1 heterocycles. The number of amides is 1. The molecule has 3 rings (SSSR count). The maximum absolute atomic E-state index is 12.9. The Morgan fingerprint density at radius 2 is 1.93 bits per heavy atom. The Bertz CT molecular complexity index is 928. The lowest BCUT2D eigenvalue weighted by molar-refractivity contribution is -0.156. The molecule has 1 atom stereocenters. The molecule has 29 heavy (non-hydrogen) atoms. The molecule has 0 saturated carbocycles. The molecule has 1 aliphatic rings. The Hall–Kier alpha value is -3.55. The fourth-order valence-electron chi connectivity index (χ4n) is 3.14. The number of carboxylic acid groups (broad SMARTS) is 1. The summed E-state index contributed by atoms with van der Waals surface area (Å²) in [5, 5.41) is 16.1. The van der Waals surface area contributed by atoms with Crippen LogP contribution in [0.5, 0.6) is 11.5 Å². The first-order valence-corrected chi connectivity index (χ1v) is 8.99. The lowest BCUT2D eigenvalue weighted by Crippen LogP contribution is -2.48. The molecule has 1 unspecified atom stereocenters. The molecule has 2 aromatic rings. The van der Waals surface area contributed by atoms with Crippen molar-refractivity contribution in [2.24, 2.45) is 5.16 Å². The van der Waals surface area contributed by atoms with Gasteiger partial charge in [0.05, 0.1) is 26.4 Å². The van der Waals surface area contributed by atoms with E-state index in [9.17, 15) is 14.7 Å². The number of nitrogens with one attached hydrogen (secondary N) is 1. The van der Waals surface area contributed by atoms with Crippen molar-refractivity contribution in [3.63, 3.8) is 0 Å². The minimum atomic E-state index is -1.62. The number of carbonyl (C=O) groups is 2. The molecule has 2 N–H and O–H groups in total. The van der Waals surface area contributed by atoms with Gasteiger partial charge in [0.15, 0.2) is 0 Å². The normalized spacial score (nSPS) is 17.8. The quantitative estimate of drug-likeness (QED) is 0.707. The summed E-state index contributed by atoms with van der Waals surface area (Å²) in [5.74, 6) is -0.599. The molecule has 152 valence electrons. The predicted molar refractivity (Wildman–Crippen MR) is 105 cm³/mol. The first kappa shape index (κ1) is 20.2. The van der Waals surface area contributed by atoms with E-state index in [1.165, 1.54) is 7.11 Å². The number of carboxylic acids is 1. The molecule has 8 nitrogen and oxygen atoms in total. The maximum atomic E-state index is 12.9. The highest BCUT2D eigenvalue weighted by atomic mass is 16.7. The van der Waals surface area contributed by atoms with Crippen molar-refractivity contribution in [1.82, 2.24) is 5.32 Å². The number of nitrogens with zero attached hydrogens (tertiary/aromatic N) is 1. The van der Waals surface area contributed by atoms with Crippen LogP contribution >= 0.6 is 0 Å². The van der Waals surface area contributed by atoms with Crippen LogP contribution in [0.4, 0.5) is 0 Å². The van der Waals surface area contributed by atoms with Gasteiger partial charge in [0.25, 0.3) is 5.91 Å². The molecule has 0 saturated heterocycles. The van der Waals surface area contributed by atoms with Gasteiger partial charge in [-0.2, -0.15) is 0 Å². The average Bonchev–Trinajstić information content (AvgIpc) is 3.16. The zero-order chi connectivity index (χ0) is 20.9. The molecule has 0 spiro atoms. The third-order valence-corrected chi connectivity index (χ3v) is 4.65. The average molecular weight is 398 g/mol. The van der Waals surface area contributed by atoms with Crippen LogP contribution in [0.2, 0.25) is 0 Å². The number of aliphatic carboxylic acids is 1. The Balaban J connectivity index is 1.80. The summed E-state index contributed by atoms with van der Waals surface area (Å²) in [6.07, 6.45) is -0.512. The van der Waals surface area contributed by atoms with E-state index in [-0.39, 0.29) is 13.0 Å². The fourth-order valence-corrected chi connectivity index (χ4v) is 3.14. The van der Waals surface area contributed by atoms with Crippen LogP contribution in [0, 0.1) is 0 Å². The van der Waals surface area contributed by atoms with Crippen molar-refractivity contribution in [2.45, 2.75) is 25.0 Å². The molecule has 0 fully saturated rings. The number of benzene rings is 2. The summed E-state index contributed by atoms with van der Waals surface area (Å²) in [5.41, 5.74) is 0.306.